The molecule has 0 fully saturated rings. The molecule has 8 nitrogen and oxygen atoms in total. The van der Waals surface area contributed by atoms with Gasteiger partial charge in [-0.25, -0.2) is 19.0 Å². The Labute approximate surface area is 167 Å². The Hall–Kier alpha value is -3.23. The van der Waals surface area contributed by atoms with Gasteiger partial charge in [-0.3, -0.25) is 4.79 Å². The van der Waals surface area contributed by atoms with Crippen LogP contribution in [0.25, 0.3) is 11.4 Å². The number of halogens is 1. The van der Waals surface area contributed by atoms with Crippen LogP contribution in [0.2, 0.25) is 0 Å². The van der Waals surface area contributed by atoms with E-state index in [-0.39, 0.29) is 23.8 Å². The first-order chi connectivity index (χ1) is 13.8. The Kier molecular flexibility index (Phi) is 5.95. The molecule has 1 aromatic heterocycles. The third kappa shape index (κ3) is 4.44. The highest BCUT2D eigenvalue weighted by Crippen LogP contribution is 2.19. The fourth-order valence-electron chi connectivity index (χ4n) is 3.21. The van der Waals surface area contributed by atoms with E-state index in [0.29, 0.717) is 35.6 Å². The molecule has 3 rings (SSSR count). The normalized spacial score (nSPS) is 14.3. The summed E-state index contributed by atoms with van der Waals surface area (Å²) in [6.07, 6.45) is 0.347. The molecule has 0 spiro atoms. The minimum atomic E-state index is -0.768. The second-order valence-electron chi connectivity index (χ2n) is 7.21. The number of esters is 1. The number of carbonyl (C=O) groups is 2. The summed E-state index contributed by atoms with van der Waals surface area (Å²) in [7, 11) is 1.27. The summed E-state index contributed by atoms with van der Waals surface area (Å²) in [5, 5.41) is 2.69. The number of aromatic amines is 1. The minimum Gasteiger partial charge on any atom is -0.467 e. The fourth-order valence-corrected chi connectivity index (χ4v) is 3.21. The SMILES string of the molecule is COC(=O)[C@H](NC(=O)N1CCc2c(nc(-c3ccc(F)cc3)[nH]c2=O)C1)C(C)C. The van der Waals surface area contributed by atoms with Crippen LogP contribution in [0.15, 0.2) is 29.1 Å². The molecule has 1 aromatic carbocycles. The van der Waals surface area contributed by atoms with Crippen LogP contribution in [0.4, 0.5) is 9.18 Å². The summed E-state index contributed by atoms with van der Waals surface area (Å²) < 4.78 is 17.9. The lowest BCUT2D eigenvalue weighted by atomic mass is 10.0. The van der Waals surface area contributed by atoms with Gasteiger partial charge in [0.1, 0.15) is 17.7 Å². The first kappa shape index (κ1) is 20.5. The Bertz CT molecular complexity index is 971. The summed E-state index contributed by atoms with van der Waals surface area (Å²) in [5.41, 5.74) is 1.30. The van der Waals surface area contributed by atoms with Gasteiger partial charge in [0.05, 0.1) is 19.3 Å². The topological polar surface area (TPSA) is 104 Å². The van der Waals surface area contributed by atoms with Gasteiger partial charge in [-0.15, -0.1) is 0 Å². The lowest BCUT2D eigenvalue weighted by Crippen LogP contribution is -2.52. The van der Waals surface area contributed by atoms with E-state index in [4.69, 9.17) is 4.74 Å². The number of nitrogens with zero attached hydrogens (tertiary/aromatic N) is 2. The number of carbonyl (C=O) groups excluding carboxylic acids is 2. The van der Waals surface area contributed by atoms with Crippen molar-refractivity contribution in [2.75, 3.05) is 13.7 Å². The highest BCUT2D eigenvalue weighted by molar-refractivity contribution is 5.83. The highest BCUT2D eigenvalue weighted by atomic mass is 19.1. The molecule has 2 aromatic rings. The van der Waals surface area contributed by atoms with Gasteiger partial charge >= 0.3 is 12.0 Å². The molecule has 9 heteroatoms. The molecule has 0 unspecified atom stereocenters. The zero-order valence-corrected chi connectivity index (χ0v) is 16.5. The molecule has 0 saturated carbocycles. The van der Waals surface area contributed by atoms with E-state index < -0.39 is 18.0 Å². The summed E-state index contributed by atoms with van der Waals surface area (Å²) in [4.78, 5) is 45.7. The van der Waals surface area contributed by atoms with Gasteiger partial charge in [-0.2, -0.15) is 0 Å². The van der Waals surface area contributed by atoms with Crippen LogP contribution in [-0.4, -0.2) is 46.6 Å². The molecule has 154 valence electrons. The average Bonchev–Trinajstić information content (AvgIpc) is 2.71. The molecule has 0 aliphatic carbocycles. The van der Waals surface area contributed by atoms with Crippen LogP contribution in [0.5, 0.6) is 0 Å². The molecule has 0 saturated heterocycles. The van der Waals surface area contributed by atoms with E-state index >= 15 is 0 Å². The Morgan fingerprint density at radius 1 is 1.28 bits per heavy atom. The zero-order valence-electron chi connectivity index (χ0n) is 16.5. The molecule has 0 bridgehead atoms. The van der Waals surface area contributed by atoms with Crippen molar-refractivity contribution in [2.24, 2.45) is 5.92 Å². The van der Waals surface area contributed by atoms with E-state index in [0.717, 1.165) is 0 Å². The van der Waals surface area contributed by atoms with Gasteiger partial charge in [0.2, 0.25) is 0 Å². The molecular formula is C20H23FN4O4. The molecule has 0 radical (unpaired) electrons. The maximum absolute atomic E-state index is 13.2. The number of fused-ring (bicyclic) bond motifs is 1. The van der Waals surface area contributed by atoms with Crippen molar-refractivity contribution in [3.63, 3.8) is 0 Å². The number of urea groups is 1. The van der Waals surface area contributed by atoms with Crippen molar-refractivity contribution in [1.29, 1.82) is 0 Å². The van der Waals surface area contributed by atoms with Gasteiger partial charge < -0.3 is 19.9 Å². The van der Waals surface area contributed by atoms with E-state index in [9.17, 15) is 18.8 Å². The Morgan fingerprint density at radius 2 is 1.97 bits per heavy atom. The minimum absolute atomic E-state index is 0.130. The van der Waals surface area contributed by atoms with E-state index in [1.165, 1.54) is 36.3 Å². The molecule has 1 atom stereocenters. The van der Waals surface area contributed by atoms with Crippen LogP contribution in [-0.2, 0) is 22.5 Å². The first-order valence-corrected chi connectivity index (χ1v) is 9.31. The van der Waals surface area contributed by atoms with Gasteiger partial charge in [0, 0.05) is 17.7 Å². The number of H-pyrrole nitrogens is 1. The van der Waals surface area contributed by atoms with Gasteiger partial charge in [-0.05, 0) is 36.6 Å². The number of aromatic nitrogens is 2. The predicted molar refractivity (Wildman–Crippen MR) is 104 cm³/mol. The second-order valence-corrected chi connectivity index (χ2v) is 7.21. The number of nitrogens with one attached hydrogen (secondary N) is 2. The molecule has 2 amide bonds. The molecular weight excluding hydrogens is 379 g/mol. The van der Waals surface area contributed by atoms with Crippen LogP contribution >= 0.6 is 0 Å². The van der Waals surface area contributed by atoms with E-state index in [1.807, 2.05) is 13.8 Å². The molecule has 29 heavy (non-hydrogen) atoms. The Balaban J connectivity index is 1.82. The number of amides is 2. The smallest absolute Gasteiger partial charge is 0.328 e. The van der Waals surface area contributed by atoms with Crippen LogP contribution < -0.4 is 10.9 Å². The molecule has 2 N–H and O–H groups in total. The van der Waals surface area contributed by atoms with Crippen molar-refractivity contribution in [2.45, 2.75) is 32.9 Å². The molecule has 2 heterocycles. The van der Waals surface area contributed by atoms with Crippen molar-refractivity contribution >= 4 is 12.0 Å². The maximum Gasteiger partial charge on any atom is 0.328 e. The number of hydrogen-bond acceptors (Lipinski definition) is 5. The largest absolute Gasteiger partial charge is 0.467 e. The molecule has 1 aliphatic rings. The van der Waals surface area contributed by atoms with Crippen LogP contribution in [0.1, 0.15) is 25.1 Å². The standard InChI is InChI=1S/C20H23FN4O4/c1-11(2)16(19(27)29-3)23-20(28)25-9-8-14-15(10-25)22-17(24-18(14)26)12-4-6-13(21)7-5-12/h4-7,11,16H,8-10H2,1-3H3,(H,23,28)(H,22,24,26)/t16-/m1/s1. The van der Waals surface area contributed by atoms with Gasteiger partial charge in [-0.1, -0.05) is 13.8 Å². The number of ether oxygens (including phenoxy) is 1. The summed E-state index contributed by atoms with van der Waals surface area (Å²) in [6.45, 7) is 4.07. The van der Waals surface area contributed by atoms with Gasteiger partial charge in [0.25, 0.3) is 5.56 Å². The molecule has 1 aliphatic heterocycles. The third-order valence-corrected chi connectivity index (χ3v) is 4.88. The number of rotatable bonds is 4. The average molecular weight is 402 g/mol. The summed E-state index contributed by atoms with van der Waals surface area (Å²) in [5.74, 6) is -0.735. The zero-order chi connectivity index (χ0) is 21.1. The first-order valence-electron chi connectivity index (χ1n) is 9.31. The second kappa shape index (κ2) is 8.42. The fraction of sp³-hybridized carbons (Fsp3) is 0.400. The van der Waals surface area contributed by atoms with Crippen molar-refractivity contribution in [3.05, 3.63) is 51.7 Å². The number of benzene rings is 1. The lowest BCUT2D eigenvalue weighted by molar-refractivity contribution is -0.144. The van der Waals surface area contributed by atoms with Crippen LogP contribution in [0.3, 0.4) is 0 Å². The van der Waals surface area contributed by atoms with Crippen molar-refractivity contribution < 1.29 is 18.7 Å². The summed E-state index contributed by atoms with van der Waals surface area (Å²) >= 11 is 0. The predicted octanol–water partition coefficient (Wildman–Crippen LogP) is 1.84. The maximum atomic E-state index is 13.2. The van der Waals surface area contributed by atoms with Gasteiger partial charge in [0.15, 0.2) is 0 Å². The lowest BCUT2D eigenvalue weighted by Gasteiger charge is -2.30. The van der Waals surface area contributed by atoms with Crippen LogP contribution in [0, 0.1) is 11.7 Å². The third-order valence-electron chi connectivity index (χ3n) is 4.88. The highest BCUT2D eigenvalue weighted by Gasteiger charge is 2.30. The number of methoxy groups -OCH3 is 1. The van der Waals surface area contributed by atoms with Crippen molar-refractivity contribution in [3.8, 4) is 11.4 Å². The number of hydrogen-bond donors (Lipinski definition) is 2. The summed E-state index contributed by atoms with van der Waals surface area (Å²) in [6, 6.07) is 4.43. The monoisotopic (exact) mass is 402 g/mol. The quantitative estimate of drug-likeness (QED) is 0.760. The van der Waals surface area contributed by atoms with E-state index in [1.54, 1.807) is 0 Å². The Morgan fingerprint density at radius 3 is 2.59 bits per heavy atom. The van der Waals surface area contributed by atoms with E-state index in [2.05, 4.69) is 15.3 Å². The van der Waals surface area contributed by atoms with Crippen molar-refractivity contribution in [1.82, 2.24) is 20.2 Å².